The van der Waals surface area contributed by atoms with Crippen LogP contribution in [0, 0.1) is 13.8 Å². The van der Waals surface area contributed by atoms with Crippen LogP contribution in [0.2, 0.25) is 0 Å². The number of nitrogens with one attached hydrogen (secondary N) is 1. The van der Waals surface area contributed by atoms with Crippen LogP contribution in [0.5, 0.6) is 0 Å². The number of aromatic amines is 1. The van der Waals surface area contributed by atoms with Crippen molar-refractivity contribution < 1.29 is 4.74 Å². The first-order valence-corrected chi connectivity index (χ1v) is 13.0. The van der Waals surface area contributed by atoms with Crippen LogP contribution in [0.1, 0.15) is 34.5 Å². The molecule has 0 unspecified atom stereocenters. The summed E-state index contributed by atoms with van der Waals surface area (Å²) >= 11 is 0. The van der Waals surface area contributed by atoms with E-state index in [1.165, 1.54) is 5.56 Å². The van der Waals surface area contributed by atoms with Gasteiger partial charge in [0.2, 0.25) is 0 Å². The van der Waals surface area contributed by atoms with Gasteiger partial charge in [0.1, 0.15) is 0 Å². The summed E-state index contributed by atoms with van der Waals surface area (Å²) < 4.78 is 7.34. The van der Waals surface area contributed by atoms with Crippen LogP contribution >= 0.6 is 0 Å². The third-order valence-electron chi connectivity index (χ3n) is 6.96. The van der Waals surface area contributed by atoms with Gasteiger partial charge in [-0.05, 0) is 65.9 Å². The van der Waals surface area contributed by atoms with Crippen LogP contribution in [0.15, 0.2) is 53.3 Å². The number of aromatic nitrogens is 5. The highest BCUT2D eigenvalue weighted by molar-refractivity contribution is 5.82. The number of hydrogen-bond donors (Lipinski definition) is 1. The first-order valence-electron chi connectivity index (χ1n) is 13.0. The maximum absolute atomic E-state index is 13.1. The molecule has 2 aromatic carbocycles. The third kappa shape index (κ3) is 6.49. The fraction of sp³-hybridized carbons (Fsp3) is 0.429. The summed E-state index contributed by atoms with van der Waals surface area (Å²) in [4.78, 5) is 20.9. The molecule has 37 heavy (non-hydrogen) atoms. The minimum Gasteiger partial charge on any atom is -0.379 e. The van der Waals surface area contributed by atoms with E-state index < -0.39 is 0 Å². The van der Waals surface area contributed by atoms with Crippen LogP contribution in [-0.2, 0) is 24.4 Å². The number of hydrogen-bond acceptors (Lipinski definition) is 7. The summed E-state index contributed by atoms with van der Waals surface area (Å²) in [5.41, 5.74) is 5.04. The summed E-state index contributed by atoms with van der Waals surface area (Å²) in [5, 5.41) is 13.6. The fourth-order valence-electron chi connectivity index (χ4n) is 5.06. The third-order valence-corrected chi connectivity index (χ3v) is 6.96. The molecule has 2 aromatic heterocycles. The van der Waals surface area contributed by atoms with Crippen molar-refractivity contribution in [3.63, 3.8) is 0 Å². The van der Waals surface area contributed by atoms with Crippen LogP contribution in [-0.4, -0.2) is 74.4 Å². The lowest BCUT2D eigenvalue weighted by Gasteiger charge is -2.28. The highest BCUT2D eigenvalue weighted by Gasteiger charge is 2.17. The normalized spacial score (nSPS) is 14.6. The molecule has 0 atom stereocenters. The predicted octanol–water partition coefficient (Wildman–Crippen LogP) is 2.90. The Balaban J connectivity index is 1.36. The lowest BCUT2D eigenvalue weighted by Crippen LogP contribution is -2.38. The highest BCUT2D eigenvalue weighted by Crippen LogP contribution is 2.19. The topological polar surface area (TPSA) is 92.2 Å². The molecule has 3 heterocycles. The van der Waals surface area contributed by atoms with E-state index in [1.54, 1.807) is 0 Å². The number of tetrazole rings is 1. The average molecular weight is 502 g/mol. The summed E-state index contributed by atoms with van der Waals surface area (Å²) in [6.07, 6.45) is 0.990. The number of ether oxygens (including phenoxy) is 1. The minimum absolute atomic E-state index is 0.0403. The van der Waals surface area contributed by atoms with Crippen molar-refractivity contribution in [2.24, 2.45) is 0 Å². The van der Waals surface area contributed by atoms with Gasteiger partial charge in [0.25, 0.3) is 5.56 Å². The van der Waals surface area contributed by atoms with Crippen molar-refractivity contribution in [2.45, 2.75) is 39.9 Å². The molecule has 4 aromatic rings. The van der Waals surface area contributed by atoms with E-state index in [9.17, 15) is 4.79 Å². The smallest absolute Gasteiger partial charge is 0.252 e. The van der Waals surface area contributed by atoms with E-state index >= 15 is 0 Å². The largest absolute Gasteiger partial charge is 0.379 e. The van der Waals surface area contributed by atoms with E-state index in [-0.39, 0.29) is 5.56 Å². The van der Waals surface area contributed by atoms with Gasteiger partial charge in [0.05, 0.1) is 31.8 Å². The van der Waals surface area contributed by atoms with E-state index in [0.29, 0.717) is 19.6 Å². The molecule has 1 aliphatic rings. The van der Waals surface area contributed by atoms with E-state index in [4.69, 9.17) is 4.74 Å². The molecule has 0 spiro atoms. The van der Waals surface area contributed by atoms with Crippen molar-refractivity contribution in [1.29, 1.82) is 0 Å². The van der Waals surface area contributed by atoms with Gasteiger partial charge >= 0.3 is 0 Å². The zero-order valence-corrected chi connectivity index (χ0v) is 21.7. The first-order chi connectivity index (χ1) is 18.0. The Bertz CT molecular complexity index is 1380. The lowest BCUT2D eigenvalue weighted by molar-refractivity contribution is 0.0358. The van der Waals surface area contributed by atoms with E-state index in [0.717, 1.165) is 79.2 Å². The molecule has 194 valence electrons. The Morgan fingerprint density at radius 3 is 2.68 bits per heavy atom. The molecule has 1 aliphatic heterocycles. The van der Waals surface area contributed by atoms with Gasteiger partial charge in [-0.25, -0.2) is 4.68 Å². The Morgan fingerprint density at radius 1 is 1.05 bits per heavy atom. The number of rotatable bonds is 10. The molecule has 0 saturated carbocycles. The molecule has 1 fully saturated rings. The molecule has 0 bridgehead atoms. The van der Waals surface area contributed by atoms with Gasteiger partial charge in [-0.1, -0.05) is 42.0 Å². The number of benzene rings is 2. The van der Waals surface area contributed by atoms with E-state index in [1.807, 2.05) is 35.9 Å². The van der Waals surface area contributed by atoms with Crippen molar-refractivity contribution in [1.82, 2.24) is 35.0 Å². The molecule has 9 heteroatoms. The summed E-state index contributed by atoms with van der Waals surface area (Å²) in [5.74, 6) is 0.791. The van der Waals surface area contributed by atoms with Gasteiger partial charge in [-0.2, -0.15) is 0 Å². The average Bonchev–Trinajstić information content (AvgIpc) is 3.32. The standard InChI is InChI=1S/C28H35N7O2/c1-21-15-22(2)27-24(16-21)17-25(28(36)29-27)19-34(10-6-9-33-11-13-37-14-12-33)20-26-30-31-32-35(26)18-23-7-4-3-5-8-23/h3-5,7-8,15-17H,6,9-14,18-20H2,1-2H3,(H,29,36). The van der Waals surface area contributed by atoms with Crippen molar-refractivity contribution in [3.05, 3.63) is 87.0 Å². The van der Waals surface area contributed by atoms with Gasteiger partial charge in [0.15, 0.2) is 5.82 Å². The van der Waals surface area contributed by atoms with Gasteiger partial charge < -0.3 is 9.72 Å². The maximum Gasteiger partial charge on any atom is 0.252 e. The lowest BCUT2D eigenvalue weighted by atomic mass is 10.1. The second-order valence-corrected chi connectivity index (χ2v) is 9.93. The molecular formula is C28H35N7O2. The van der Waals surface area contributed by atoms with Crippen molar-refractivity contribution in [2.75, 3.05) is 39.4 Å². The number of nitrogens with zero attached hydrogens (tertiary/aromatic N) is 6. The number of pyridine rings is 1. The zero-order chi connectivity index (χ0) is 25.6. The number of H-pyrrole nitrogens is 1. The highest BCUT2D eigenvalue weighted by atomic mass is 16.5. The molecular weight excluding hydrogens is 466 g/mol. The van der Waals surface area contributed by atoms with Gasteiger partial charge in [-0.15, -0.1) is 5.10 Å². The quantitative estimate of drug-likeness (QED) is 0.357. The Morgan fingerprint density at radius 2 is 1.86 bits per heavy atom. The second kappa shape index (κ2) is 11.8. The maximum atomic E-state index is 13.1. The Hall–Kier alpha value is -3.40. The monoisotopic (exact) mass is 501 g/mol. The minimum atomic E-state index is -0.0403. The summed E-state index contributed by atoms with van der Waals surface area (Å²) in [6.45, 7) is 11.2. The second-order valence-electron chi connectivity index (χ2n) is 9.93. The molecule has 0 amide bonds. The van der Waals surface area contributed by atoms with Gasteiger partial charge in [0, 0.05) is 31.7 Å². The van der Waals surface area contributed by atoms with E-state index in [2.05, 4.69) is 61.5 Å². The van der Waals surface area contributed by atoms with Crippen LogP contribution in [0.25, 0.3) is 10.9 Å². The number of fused-ring (bicyclic) bond motifs is 1. The molecule has 1 N–H and O–H groups in total. The Labute approximate surface area is 217 Å². The van der Waals surface area contributed by atoms with Crippen LogP contribution in [0.3, 0.4) is 0 Å². The van der Waals surface area contributed by atoms with Crippen LogP contribution < -0.4 is 5.56 Å². The molecule has 9 nitrogen and oxygen atoms in total. The SMILES string of the molecule is Cc1cc(C)c2[nH]c(=O)c(CN(CCCN3CCOCC3)Cc3nnnn3Cc3ccccc3)cc2c1. The van der Waals surface area contributed by atoms with Crippen molar-refractivity contribution in [3.8, 4) is 0 Å². The van der Waals surface area contributed by atoms with Crippen LogP contribution in [0.4, 0.5) is 0 Å². The first kappa shape index (κ1) is 25.3. The molecule has 1 saturated heterocycles. The number of aryl methyl sites for hydroxylation is 2. The summed E-state index contributed by atoms with van der Waals surface area (Å²) in [6, 6.07) is 16.5. The van der Waals surface area contributed by atoms with Crippen molar-refractivity contribution >= 4 is 10.9 Å². The molecule has 0 radical (unpaired) electrons. The fourth-order valence-corrected chi connectivity index (χ4v) is 5.06. The molecule has 5 rings (SSSR count). The van der Waals surface area contributed by atoms with Gasteiger partial charge in [-0.3, -0.25) is 14.6 Å². The zero-order valence-electron chi connectivity index (χ0n) is 21.7. The summed E-state index contributed by atoms with van der Waals surface area (Å²) in [7, 11) is 0. The Kier molecular flexibility index (Phi) is 8.03. The molecule has 0 aliphatic carbocycles. The predicted molar refractivity (Wildman–Crippen MR) is 143 cm³/mol. The number of morpholine rings is 1.